The molecule has 188 valence electrons. The highest BCUT2D eigenvalue weighted by Crippen LogP contribution is 2.48. The maximum absolute atomic E-state index is 2.53. The van der Waals surface area contributed by atoms with Crippen LogP contribution in [0.1, 0.15) is 23.5 Å². The van der Waals surface area contributed by atoms with Crippen molar-refractivity contribution in [1.82, 2.24) is 4.90 Å². The monoisotopic (exact) mass is 498 g/mol. The fraction of sp³-hybridized carbons (Fsp3) is 0.219. The van der Waals surface area contributed by atoms with Gasteiger partial charge in [0.25, 0.3) is 5.82 Å². The van der Waals surface area contributed by atoms with E-state index in [-0.39, 0.29) is 6.98 Å². The molecule has 0 saturated carbocycles. The Bertz CT molecular complexity index is 1530. The molecule has 4 heterocycles. The second kappa shape index (κ2) is 8.98. The van der Waals surface area contributed by atoms with Gasteiger partial charge in [0, 0.05) is 36.9 Å². The van der Waals surface area contributed by atoms with Gasteiger partial charge in [-0.25, -0.2) is 4.57 Å². The number of hydrogen-bond acceptors (Lipinski definition) is 4. The number of fused-ring (bicyclic) bond motifs is 4. The first-order chi connectivity index (χ1) is 18.6. The molecule has 0 N–H and O–H groups in total. The molecule has 2 unspecified atom stereocenters. The van der Waals surface area contributed by atoms with E-state index in [2.05, 4.69) is 154 Å². The summed E-state index contributed by atoms with van der Waals surface area (Å²) in [5.74, 6) is 1.64. The van der Waals surface area contributed by atoms with Crippen LogP contribution in [-0.2, 0) is 13.5 Å². The van der Waals surface area contributed by atoms with Crippen molar-refractivity contribution in [3.63, 3.8) is 0 Å². The van der Waals surface area contributed by atoms with Gasteiger partial charge in [0.2, 0.25) is 0 Å². The predicted molar refractivity (Wildman–Crippen MR) is 157 cm³/mol. The fourth-order valence-corrected chi connectivity index (χ4v) is 6.72. The predicted octanol–water partition coefficient (Wildman–Crippen LogP) is 6.20. The number of benzene rings is 3. The molecule has 4 aromatic rings. The Morgan fingerprint density at radius 3 is 2.21 bits per heavy atom. The smallest absolute Gasteiger partial charge is 0.359 e. The van der Waals surface area contributed by atoms with E-state index in [1.54, 1.807) is 0 Å². The average Bonchev–Trinajstić information content (AvgIpc) is 3.46. The maximum atomic E-state index is 2.53. The molecule has 0 fully saturated rings. The van der Waals surface area contributed by atoms with Gasteiger partial charge >= 0.3 is 6.98 Å². The van der Waals surface area contributed by atoms with Gasteiger partial charge in [-0.1, -0.05) is 54.6 Å². The summed E-state index contributed by atoms with van der Waals surface area (Å²) in [5, 5.41) is 0. The zero-order valence-corrected chi connectivity index (χ0v) is 22.3. The highest BCUT2D eigenvalue weighted by Gasteiger charge is 2.47. The molecule has 0 saturated heterocycles. The van der Waals surface area contributed by atoms with Gasteiger partial charge in [-0.15, -0.1) is 0 Å². The molecular formula is C32H33BN5+. The van der Waals surface area contributed by atoms with Gasteiger partial charge in [0.05, 0.1) is 18.9 Å². The Morgan fingerprint density at radius 2 is 1.42 bits per heavy atom. The quantitative estimate of drug-likeness (QED) is 0.246. The van der Waals surface area contributed by atoms with E-state index in [9.17, 15) is 0 Å². The van der Waals surface area contributed by atoms with Crippen molar-refractivity contribution in [3.05, 3.63) is 121 Å². The van der Waals surface area contributed by atoms with Crippen LogP contribution in [0, 0.1) is 0 Å². The first-order valence-corrected chi connectivity index (χ1v) is 13.6. The molecule has 0 amide bonds. The lowest BCUT2D eigenvalue weighted by molar-refractivity contribution is -0.658. The van der Waals surface area contributed by atoms with Crippen molar-refractivity contribution in [2.24, 2.45) is 7.05 Å². The van der Waals surface area contributed by atoms with Crippen LogP contribution in [0.3, 0.4) is 0 Å². The molecule has 0 aliphatic carbocycles. The van der Waals surface area contributed by atoms with Crippen molar-refractivity contribution >= 4 is 35.6 Å². The highest BCUT2D eigenvalue weighted by atomic mass is 15.4. The molecular weight excluding hydrogens is 465 g/mol. The number of pyridine rings is 1. The van der Waals surface area contributed by atoms with E-state index in [0.29, 0.717) is 12.1 Å². The van der Waals surface area contributed by atoms with Crippen molar-refractivity contribution in [2.75, 3.05) is 21.6 Å². The van der Waals surface area contributed by atoms with E-state index in [1.807, 2.05) is 0 Å². The van der Waals surface area contributed by atoms with E-state index in [1.165, 1.54) is 39.7 Å². The van der Waals surface area contributed by atoms with Crippen molar-refractivity contribution in [3.8, 4) is 0 Å². The highest BCUT2D eigenvalue weighted by molar-refractivity contribution is 6.71. The molecule has 3 aliphatic heterocycles. The van der Waals surface area contributed by atoms with Gasteiger partial charge in [0.1, 0.15) is 11.9 Å². The summed E-state index contributed by atoms with van der Waals surface area (Å²) in [7, 11) is 4.32. The van der Waals surface area contributed by atoms with Crippen LogP contribution in [0.15, 0.2) is 110 Å². The van der Waals surface area contributed by atoms with Crippen LogP contribution >= 0.6 is 0 Å². The Labute approximate surface area is 226 Å². The zero-order chi connectivity index (χ0) is 25.8. The lowest BCUT2D eigenvalue weighted by atomic mass is 9.75. The number of para-hydroxylation sites is 4. The second-order valence-corrected chi connectivity index (χ2v) is 10.7. The van der Waals surface area contributed by atoms with Gasteiger partial charge in [-0.2, -0.15) is 0 Å². The molecule has 0 radical (unpaired) electrons. The van der Waals surface area contributed by atoms with Crippen molar-refractivity contribution in [2.45, 2.75) is 31.7 Å². The van der Waals surface area contributed by atoms with Crippen LogP contribution in [-0.4, -0.2) is 25.1 Å². The number of aromatic nitrogens is 1. The fourth-order valence-electron chi connectivity index (χ4n) is 6.72. The summed E-state index contributed by atoms with van der Waals surface area (Å²) >= 11 is 0. The minimum absolute atomic E-state index is 0.140. The van der Waals surface area contributed by atoms with Gasteiger partial charge in [-0.05, 0) is 67.0 Å². The number of hydrogen-bond donors (Lipinski definition) is 0. The minimum Gasteiger partial charge on any atom is -0.359 e. The van der Waals surface area contributed by atoms with Crippen LogP contribution in [0.25, 0.3) is 0 Å². The van der Waals surface area contributed by atoms with Crippen LogP contribution in [0.5, 0.6) is 0 Å². The first-order valence-electron chi connectivity index (χ1n) is 13.6. The van der Waals surface area contributed by atoms with E-state index in [4.69, 9.17) is 0 Å². The number of anilines is 5. The molecule has 0 bridgehead atoms. The summed E-state index contributed by atoms with van der Waals surface area (Å²) in [6, 6.07) is 33.2. The maximum Gasteiger partial charge on any atom is 0.503 e. The lowest BCUT2D eigenvalue weighted by Gasteiger charge is -2.40. The summed E-state index contributed by atoms with van der Waals surface area (Å²) in [6.07, 6.45) is 9.05. The normalized spacial score (nSPS) is 19.6. The summed E-state index contributed by atoms with van der Waals surface area (Å²) < 4.78 is 2.21. The van der Waals surface area contributed by atoms with E-state index in [0.717, 1.165) is 12.8 Å². The first kappa shape index (κ1) is 23.0. The zero-order valence-electron chi connectivity index (χ0n) is 22.3. The van der Waals surface area contributed by atoms with Gasteiger partial charge in [-0.3, -0.25) is 4.81 Å². The summed E-state index contributed by atoms with van der Waals surface area (Å²) in [5.41, 5.74) is 7.99. The Hall–Kier alpha value is -4.19. The van der Waals surface area contributed by atoms with Gasteiger partial charge < -0.3 is 14.6 Å². The summed E-state index contributed by atoms with van der Waals surface area (Å²) in [6.45, 7) is 2.46. The molecule has 6 heteroatoms. The molecule has 7 rings (SSSR count). The average molecular weight is 498 g/mol. The SMILES string of the molecule is CB1N(c2ccccc2CC2CC3N(C)C=CN3c3ccccc32)c2ccccc2N1c1cccc[n+]1C. The third-order valence-electron chi connectivity index (χ3n) is 8.54. The van der Waals surface area contributed by atoms with Gasteiger partial charge in [0.15, 0.2) is 0 Å². The third kappa shape index (κ3) is 3.51. The van der Waals surface area contributed by atoms with Crippen molar-refractivity contribution < 1.29 is 4.57 Å². The van der Waals surface area contributed by atoms with Crippen LogP contribution < -0.4 is 19.1 Å². The molecule has 5 nitrogen and oxygen atoms in total. The number of rotatable bonds is 4. The Balaban J connectivity index is 1.29. The molecule has 3 aliphatic rings. The molecule has 38 heavy (non-hydrogen) atoms. The second-order valence-electron chi connectivity index (χ2n) is 10.7. The van der Waals surface area contributed by atoms with Crippen molar-refractivity contribution in [1.29, 1.82) is 0 Å². The number of nitrogens with zero attached hydrogens (tertiary/aromatic N) is 5. The standard InChI is InChI=1S/C32H33BN5/c1-33-37(29-16-8-9-17-30(29)38(33)31-18-10-11-19-34(31)2)27-14-6-4-12-24(27)22-25-23-32-35(3)20-21-36(32)28-15-7-5-13-26(25)28/h4-21,25,32H,22-23H2,1-3H3/q+1. The van der Waals surface area contributed by atoms with E-state index >= 15 is 0 Å². The Morgan fingerprint density at radius 1 is 0.763 bits per heavy atom. The molecule has 2 atom stereocenters. The lowest BCUT2D eigenvalue weighted by Crippen LogP contribution is -2.46. The molecule has 0 spiro atoms. The largest absolute Gasteiger partial charge is 0.503 e. The van der Waals surface area contributed by atoms with E-state index < -0.39 is 0 Å². The Kier molecular flexibility index (Phi) is 5.43. The summed E-state index contributed by atoms with van der Waals surface area (Å²) in [4.78, 5) is 9.78. The topological polar surface area (TPSA) is 16.8 Å². The van der Waals surface area contributed by atoms with Crippen LogP contribution in [0.2, 0.25) is 6.82 Å². The van der Waals surface area contributed by atoms with Crippen LogP contribution in [0.4, 0.5) is 28.6 Å². The molecule has 3 aromatic carbocycles. The molecule has 1 aromatic heterocycles. The number of aryl methyl sites for hydroxylation is 1. The third-order valence-corrected chi connectivity index (χ3v) is 8.54. The minimum atomic E-state index is 0.140.